The Labute approximate surface area is 177 Å². The summed E-state index contributed by atoms with van der Waals surface area (Å²) in [6.45, 7) is 0.0927. The standard InChI is InChI=1S/C19H12F5N5O2S/c20-10-5-26-17(27-6-10)15-11-1-14(28-16(11)13(21)2-12(15)19(22,23)24)32(30,31)29-7-9-3-18(29,4-9)8-25/h1-2,5-6,9,28H,3-4,7H2. The van der Waals surface area contributed by atoms with Crippen molar-refractivity contribution in [3.63, 3.8) is 0 Å². The van der Waals surface area contributed by atoms with E-state index >= 15 is 0 Å². The molecule has 0 amide bonds. The first kappa shape index (κ1) is 20.8. The number of nitrogens with one attached hydrogen (secondary N) is 1. The number of aromatic amines is 1. The molecule has 3 aliphatic rings. The molecule has 166 valence electrons. The molecule has 6 rings (SSSR count). The SMILES string of the molecule is N#CC12CC(CN1S(=O)(=O)c1cc3c(-c4ncc(F)cn4)c(C(F)(F)F)cc(F)c3[nH]1)C2. The van der Waals surface area contributed by atoms with E-state index in [2.05, 4.69) is 15.0 Å². The highest BCUT2D eigenvalue weighted by Crippen LogP contribution is 2.52. The summed E-state index contributed by atoms with van der Waals surface area (Å²) in [5.41, 5.74) is -3.84. The number of halogens is 5. The minimum absolute atomic E-state index is 0.0190. The number of benzene rings is 1. The average Bonchev–Trinajstić information content (AvgIpc) is 3.40. The lowest BCUT2D eigenvalue weighted by Gasteiger charge is -2.34. The molecule has 0 atom stereocenters. The summed E-state index contributed by atoms with van der Waals surface area (Å²) in [7, 11) is -4.34. The Bertz CT molecular complexity index is 1400. The maximum Gasteiger partial charge on any atom is 0.417 e. The second-order valence-electron chi connectivity index (χ2n) is 7.88. The topological polar surface area (TPSA) is 103 Å². The van der Waals surface area contributed by atoms with Crippen molar-refractivity contribution in [1.82, 2.24) is 19.3 Å². The van der Waals surface area contributed by atoms with E-state index in [0.717, 1.165) is 10.4 Å². The van der Waals surface area contributed by atoms with E-state index in [4.69, 9.17) is 0 Å². The molecule has 1 saturated carbocycles. The molecule has 1 aromatic carbocycles. The van der Waals surface area contributed by atoms with Gasteiger partial charge in [-0.15, -0.1) is 0 Å². The fourth-order valence-electron chi connectivity index (χ4n) is 4.51. The summed E-state index contributed by atoms with van der Waals surface area (Å²) in [5.74, 6) is -2.76. The number of hydrogen-bond acceptors (Lipinski definition) is 5. The van der Waals surface area contributed by atoms with E-state index in [0.29, 0.717) is 25.2 Å². The zero-order valence-corrected chi connectivity index (χ0v) is 16.7. The fourth-order valence-corrected chi connectivity index (χ4v) is 6.30. The van der Waals surface area contributed by atoms with E-state index in [9.17, 15) is 35.6 Å². The summed E-state index contributed by atoms with van der Waals surface area (Å²) in [5, 5.41) is 8.48. The van der Waals surface area contributed by atoms with Crippen LogP contribution in [0, 0.1) is 28.9 Å². The van der Waals surface area contributed by atoms with Crippen LogP contribution in [-0.2, 0) is 16.2 Å². The van der Waals surface area contributed by atoms with Crippen LogP contribution in [0.3, 0.4) is 0 Å². The minimum Gasteiger partial charge on any atom is -0.342 e. The van der Waals surface area contributed by atoms with Gasteiger partial charge in [-0.25, -0.2) is 27.2 Å². The first-order valence-corrected chi connectivity index (χ1v) is 10.7. The van der Waals surface area contributed by atoms with Crippen molar-refractivity contribution >= 4 is 20.9 Å². The van der Waals surface area contributed by atoms with Crippen LogP contribution >= 0.6 is 0 Å². The molecule has 0 radical (unpaired) electrons. The van der Waals surface area contributed by atoms with Gasteiger partial charge in [0.25, 0.3) is 10.0 Å². The van der Waals surface area contributed by atoms with E-state index in [1.54, 1.807) is 0 Å². The summed E-state index contributed by atoms with van der Waals surface area (Å²) >= 11 is 0. The molecule has 2 aliphatic heterocycles. The molecule has 3 fully saturated rings. The van der Waals surface area contributed by atoms with Crippen molar-refractivity contribution in [2.45, 2.75) is 29.6 Å². The highest BCUT2D eigenvalue weighted by molar-refractivity contribution is 7.89. The molecule has 2 saturated heterocycles. The molecule has 13 heteroatoms. The lowest BCUT2D eigenvalue weighted by atomic mass is 9.75. The number of hydrogen-bond donors (Lipinski definition) is 1. The minimum atomic E-state index is -5.03. The van der Waals surface area contributed by atoms with Crippen molar-refractivity contribution in [3.8, 4) is 17.5 Å². The Morgan fingerprint density at radius 2 is 1.84 bits per heavy atom. The molecule has 2 aromatic heterocycles. The summed E-state index contributed by atoms with van der Waals surface area (Å²) in [4.78, 5) is 9.49. The smallest absolute Gasteiger partial charge is 0.342 e. The van der Waals surface area contributed by atoms with Crippen LogP contribution < -0.4 is 0 Å². The van der Waals surface area contributed by atoms with Gasteiger partial charge in [0, 0.05) is 17.5 Å². The molecule has 7 nitrogen and oxygen atoms in total. The number of H-pyrrole nitrogens is 1. The highest BCUT2D eigenvalue weighted by atomic mass is 32.2. The van der Waals surface area contributed by atoms with Gasteiger partial charge in [0.1, 0.15) is 16.4 Å². The maximum atomic E-state index is 14.6. The van der Waals surface area contributed by atoms with E-state index < -0.39 is 66.3 Å². The quantitative estimate of drug-likeness (QED) is 0.591. The van der Waals surface area contributed by atoms with Crippen LogP contribution in [0.15, 0.2) is 29.6 Å². The van der Waals surface area contributed by atoms with Gasteiger partial charge in [0.2, 0.25) is 0 Å². The largest absolute Gasteiger partial charge is 0.417 e. The first-order valence-electron chi connectivity index (χ1n) is 9.31. The Morgan fingerprint density at radius 1 is 1.19 bits per heavy atom. The molecule has 2 bridgehead atoms. The van der Waals surface area contributed by atoms with Crippen LogP contribution in [0.1, 0.15) is 18.4 Å². The van der Waals surface area contributed by atoms with Crippen molar-refractivity contribution < 1.29 is 30.4 Å². The molecule has 0 unspecified atom stereocenters. The van der Waals surface area contributed by atoms with E-state index in [1.165, 1.54) is 0 Å². The molecule has 0 spiro atoms. The second kappa shape index (κ2) is 6.46. The maximum absolute atomic E-state index is 14.6. The Kier molecular flexibility index (Phi) is 4.19. The molecule has 4 heterocycles. The van der Waals surface area contributed by atoms with Gasteiger partial charge < -0.3 is 4.98 Å². The molecule has 3 aromatic rings. The zero-order chi connectivity index (χ0) is 23.1. The third-order valence-corrected chi connectivity index (χ3v) is 7.78. The third kappa shape index (κ3) is 2.82. The van der Waals surface area contributed by atoms with Crippen LogP contribution in [0.4, 0.5) is 22.0 Å². The average molecular weight is 469 g/mol. The van der Waals surface area contributed by atoms with Crippen molar-refractivity contribution in [2.75, 3.05) is 6.54 Å². The van der Waals surface area contributed by atoms with Crippen molar-refractivity contribution in [3.05, 3.63) is 41.7 Å². The highest BCUT2D eigenvalue weighted by Gasteiger charge is 2.61. The number of aromatic nitrogens is 3. The lowest BCUT2D eigenvalue weighted by Crippen LogP contribution is -2.47. The molecule has 32 heavy (non-hydrogen) atoms. The van der Waals surface area contributed by atoms with E-state index in [-0.39, 0.29) is 18.5 Å². The van der Waals surface area contributed by atoms with Gasteiger partial charge in [0.05, 0.1) is 29.5 Å². The van der Waals surface area contributed by atoms with Crippen LogP contribution in [0.25, 0.3) is 22.3 Å². The first-order chi connectivity index (χ1) is 15.0. The number of nitrogens with zero attached hydrogens (tertiary/aromatic N) is 4. The predicted molar refractivity (Wildman–Crippen MR) is 99.2 cm³/mol. The van der Waals surface area contributed by atoms with Gasteiger partial charge in [-0.2, -0.15) is 22.7 Å². The van der Waals surface area contributed by atoms with Crippen LogP contribution in [0.5, 0.6) is 0 Å². The fraction of sp³-hybridized carbons (Fsp3) is 0.316. The number of fused-ring (bicyclic) bond motifs is 2. The van der Waals surface area contributed by atoms with E-state index in [1.807, 2.05) is 6.07 Å². The monoisotopic (exact) mass is 469 g/mol. The number of rotatable bonds is 3. The van der Waals surface area contributed by atoms with Gasteiger partial charge >= 0.3 is 6.18 Å². The molecule has 1 N–H and O–H groups in total. The molecular weight excluding hydrogens is 457 g/mol. The lowest BCUT2D eigenvalue weighted by molar-refractivity contribution is -0.137. The van der Waals surface area contributed by atoms with Gasteiger partial charge in [-0.1, -0.05) is 0 Å². The normalized spacial score (nSPS) is 23.3. The van der Waals surface area contributed by atoms with Gasteiger partial charge in [-0.05, 0) is 30.9 Å². The van der Waals surface area contributed by atoms with Crippen LogP contribution in [0.2, 0.25) is 0 Å². The van der Waals surface area contributed by atoms with Gasteiger partial charge in [0.15, 0.2) is 11.6 Å². The van der Waals surface area contributed by atoms with Gasteiger partial charge in [-0.3, -0.25) is 0 Å². The molecular formula is C19H12F5N5O2S. The van der Waals surface area contributed by atoms with Crippen molar-refractivity contribution in [2.24, 2.45) is 5.92 Å². The second-order valence-corrected chi connectivity index (χ2v) is 9.71. The zero-order valence-electron chi connectivity index (χ0n) is 15.9. The molecule has 1 aliphatic carbocycles. The summed E-state index contributed by atoms with van der Waals surface area (Å²) in [6, 6.07) is 3.08. The van der Waals surface area contributed by atoms with Crippen molar-refractivity contribution in [1.29, 1.82) is 5.26 Å². The van der Waals surface area contributed by atoms with Crippen LogP contribution in [-0.4, -0.2) is 39.8 Å². The third-order valence-electron chi connectivity index (χ3n) is 5.92. The summed E-state index contributed by atoms with van der Waals surface area (Å²) < 4.78 is 96.4. The Hall–Kier alpha value is -3.11. The number of sulfonamides is 1. The number of nitriles is 1. The predicted octanol–water partition coefficient (Wildman–Crippen LogP) is 3.60. The Morgan fingerprint density at radius 3 is 2.44 bits per heavy atom. The Balaban J connectivity index is 1.75. The summed E-state index contributed by atoms with van der Waals surface area (Å²) in [6.07, 6.45) is -3.00. The number of alkyl halides is 3.